The summed E-state index contributed by atoms with van der Waals surface area (Å²) < 4.78 is 1.96. The van der Waals surface area contributed by atoms with Gasteiger partial charge >= 0.3 is 0 Å². The van der Waals surface area contributed by atoms with Gasteiger partial charge in [-0.25, -0.2) is 0 Å². The first-order valence-corrected chi connectivity index (χ1v) is 8.12. The van der Waals surface area contributed by atoms with Crippen molar-refractivity contribution in [2.24, 2.45) is 13.0 Å². The highest BCUT2D eigenvalue weighted by molar-refractivity contribution is 5.55. The molecule has 0 atom stereocenters. The maximum Gasteiger partial charge on any atom is 0.0564 e. The summed E-state index contributed by atoms with van der Waals surface area (Å²) in [6.45, 7) is 6.52. The number of nitrogens with zero attached hydrogens (tertiary/aromatic N) is 2. The van der Waals surface area contributed by atoms with Crippen LogP contribution in [0.4, 0.5) is 0 Å². The summed E-state index contributed by atoms with van der Waals surface area (Å²) in [4.78, 5) is 0. The molecular formula is C17H29N3. The Labute approximate surface area is 123 Å². The molecule has 3 nitrogen and oxygen atoms in total. The van der Waals surface area contributed by atoms with E-state index in [0.717, 1.165) is 19.0 Å². The SMILES string of the molecule is CCCNCC(=Cc1cnn(C)c1C)C1CCCCC1. The van der Waals surface area contributed by atoms with Crippen molar-refractivity contribution < 1.29 is 0 Å². The summed E-state index contributed by atoms with van der Waals surface area (Å²) >= 11 is 0. The first-order chi connectivity index (χ1) is 9.72. The lowest BCUT2D eigenvalue weighted by Gasteiger charge is -2.25. The zero-order chi connectivity index (χ0) is 14.4. The van der Waals surface area contributed by atoms with E-state index in [2.05, 4.69) is 30.3 Å². The van der Waals surface area contributed by atoms with Crippen LogP contribution in [0.3, 0.4) is 0 Å². The summed E-state index contributed by atoms with van der Waals surface area (Å²) in [7, 11) is 2.02. The third-order valence-corrected chi connectivity index (χ3v) is 4.50. The van der Waals surface area contributed by atoms with Gasteiger partial charge in [0.1, 0.15) is 0 Å². The van der Waals surface area contributed by atoms with Crippen molar-refractivity contribution in [2.75, 3.05) is 13.1 Å². The molecule has 1 N–H and O–H groups in total. The maximum absolute atomic E-state index is 4.36. The van der Waals surface area contributed by atoms with Gasteiger partial charge in [0.15, 0.2) is 0 Å². The molecule has 1 aliphatic carbocycles. The lowest BCUT2D eigenvalue weighted by atomic mass is 9.83. The zero-order valence-corrected chi connectivity index (χ0v) is 13.3. The average Bonchev–Trinajstić information content (AvgIpc) is 2.79. The Morgan fingerprint density at radius 2 is 2.15 bits per heavy atom. The number of hydrogen-bond acceptors (Lipinski definition) is 2. The number of rotatable bonds is 6. The van der Waals surface area contributed by atoms with Gasteiger partial charge in [0.25, 0.3) is 0 Å². The molecule has 1 aromatic heterocycles. The molecule has 0 bridgehead atoms. The lowest BCUT2D eigenvalue weighted by Crippen LogP contribution is -2.23. The van der Waals surface area contributed by atoms with E-state index < -0.39 is 0 Å². The minimum absolute atomic E-state index is 0.771. The van der Waals surface area contributed by atoms with E-state index in [-0.39, 0.29) is 0 Å². The molecule has 0 radical (unpaired) electrons. The number of hydrogen-bond donors (Lipinski definition) is 1. The molecule has 1 aromatic rings. The van der Waals surface area contributed by atoms with Crippen molar-refractivity contribution in [1.29, 1.82) is 0 Å². The Bertz CT molecular complexity index is 439. The molecule has 112 valence electrons. The van der Waals surface area contributed by atoms with Crippen LogP contribution in [0.1, 0.15) is 56.7 Å². The van der Waals surface area contributed by atoms with Gasteiger partial charge in [-0.1, -0.05) is 37.8 Å². The minimum Gasteiger partial charge on any atom is -0.313 e. The molecule has 3 heteroatoms. The molecule has 0 unspecified atom stereocenters. The Kier molecular flexibility index (Phi) is 5.84. The fourth-order valence-electron chi connectivity index (χ4n) is 3.05. The molecule has 1 fully saturated rings. The summed E-state index contributed by atoms with van der Waals surface area (Å²) in [5, 5.41) is 7.95. The molecule has 0 aromatic carbocycles. The van der Waals surface area contributed by atoms with Gasteiger partial charge in [0.2, 0.25) is 0 Å². The first-order valence-electron chi connectivity index (χ1n) is 8.12. The number of aromatic nitrogens is 2. The van der Waals surface area contributed by atoms with Gasteiger partial charge in [-0.15, -0.1) is 0 Å². The minimum atomic E-state index is 0.771. The summed E-state index contributed by atoms with van der Waals surface area (Å²) in [5.41, 5.74) is 4.12. The van der Waals surface area contributed by atoms with Crippen LogP contribution in [-0.2, 0) is 7.05 Å². The molecule has 0 spiro atoms. The van der Waals surface area contributed by atoms with Crippen LogP contribution in [0.2, 0.25) is 0 Å². The van der Waals surface area contributed by atoms with E-state index in [1.165, 1.54) is 49.8 Å². The van der Waals surface area contributed by atoms with E-state index >= 15 is 0 Å². The lowest BCUT2D eigenvalue weighted by molar-refractivity contribution is 0.396. The van der Waals surface area contributed by atoms with Crippen LogP contribution in [0, 0.1) is 12.8 Å². The Hall–Kier alpha value is -1.09. The fraction of sp³-hybridized carbons (Fsp3) is 0.706. The van der Waals surface area contributed by atoms with Gasteiger partial charge in [0.05, 0.1) is 6.20 Å². The van der Waals surface area contributed by atoms with Crippen molar-refractivity contribution in [3.8, 4) is 0 Å². The van der Waals surface area contributed by atoms with Gasteiger partial charge in [-0.3, -0.25) is 4.68 Å². The van der Waals surface area contributed by atoms with Crippen molar-refractivity contribution in [2.45, 2.75) is 52.4 Å². The second-order valence-electron chi connectivity index (χ2n) is 6.04. The molecule has 1 heterocycles. The van der Waals surface area contributed by atoms with Crippen molar-refractivity contribution in [3.63, 3.8) is 0 Å². The quantitative estimate of drug-likeness (QED) is 0.802. The molecule has 0 aliphatic heterocycles. The van der Waals surface area contributed by atoms with Crippen LogP contribution >= 0.6 is 0 Å². The molecule has 20 heavy (non-hydrogen) atoms. The van der Waals surface area contributed by atoms with Gasteiger partial charge in [-0.05, 0) is 38.6 Å². The van der Waals surface area contributed by atoms with E-state index in [4.69, 9.17) is 0 Å². The Balaban J connectivity index is 2.13. The van der Waals surface area contributed by atoms with Gasteiger partial charge < -0.3 is 5.32 Å². The Morgan fingerprint density at radius 3 is 2.75 bits per heavy atom. The molecular weight excluding hydrogens is 246 g/mol. The fourth-order valence-corrected chi connectivity index (χ4v) is 3.05. The number of nitrogens with one attached hydrogen (secondary N) is 1. The van der Waals surface area contributed by atoms with Crippen LogP contribution < -0.4 is 5.32 Å². The second-order valence-corrected chi connectivity index (χ2v) is 6.04. The normalized spacial score (nSPS) is 17.6. The monoisotopic (exact) mass is 275 g/mol. The summed E-state index contributed by atoms with van der Waals surface area (Å²) in [6, 6.07) is 0. The standard InChI is InChI=1S/C17H29N3/c1-4-10-18-12-17(15-8-6-5-7-9-15)11-16-13-19-20(3)14(16)2/h11,13,15,18H,4-10,12H2,1-3H3. The predicted octanol–water partition coefficient (Wildman–Crippen LogP) is 3.69. The molecule has 0 saturated heterocycles. The highest BCUT2D eigenvalue weighted by Gasteiger charge is 2.18. The third kappa shape index (κ3) is 3.95. The third-order valence-electron chi connectivity index (χ3n) is 4.50. The zero-order valence-electron chi connectivity index (χ0n) is 13.3. The van der Waals surface area contributed by atoms with Crippen LogP contribution in [0.25, 0.3) is 6.08 Å². The summed E-state index contributed by atoms with van der Waals surface area (Å²) in [6.07, 6.45) is 12.5. The molecule has 1 saturated carbocycles. The number of aryl methyl sites for hydroxylation is 1. The maximum atomic E-state index is 4.36. The molecule has 2 rings (SSSR count). The largest absolute Gasteiger partial charge is 0.313 e. The van der Waals surface area contributed by atoms with E-state index in [9.17, 15) is 0 Å². The van der Waals surface area contributed by atoms with Crippen LogP contribution in [0.15, 0.2) is 11.8 Å². The van der Waals surface area contributed by atoms with Crippen molar-refractivity contribution in [3.05, 3.63) is 23.0 Å². The Morgan fingerprint density at radius 1 is 1.40 bits per heavy atom. The highest BCUT2D eigenvalue weighted by atomic mass is 15.3. The highest BCUT2D eigenvalue weighted by Crippen LogP contribution is 2.30. The van der Waals surface area contributed by atoms with Crippen molar-refractivity contribution in [1.82, 2.24) is 15.1 Å². The summed E-state index contributed by atoms with van der Waals surface area (Å²) in [5.74, 6) is 0.771. The smallest absolute Gasteiger partial charge is 0.0564 e. The van der Waals surface area contributed by atoms with E-state index in [1.807, 2.05) is 17.9 Å². The topological polar surface area (TPSA) is 29.9 Å². The first kappa shape index (κ1) is 15.3. The van der Waals surface area contributed by atoms with Crippen LogP contribution in [-0.4, -0.2) is 22.9 Å². The average molecular weight is 275 g/mol. The second kappa shape index (κ2) is 7.63. The van der Waals surface area contributed by atoms with Crippen molar-refractivity contribution >= 4 is 6.08 Å². The molecule has 0 amide bonds. The van der Waals surface area contributed by atoms with Gasteiger partial charge in [0, 0.05) is 24.8 Å². The van der Waals surface area contributed by atoms with E-state index in [0.29, 0.717) is 0 Å². The molecule has 1 aliphatic rings. The van der Waals surface area contributed by atoms with Crippen LogP contribution in [0.5, 0.6) is 0 Å². The van der Waals surface area contributed by atoms with Gasteiger partial charge in [-0.2, -0.15) is 5.10 Å². The predicted molar refractivity (Wildman–Crippen MR) is 85.7 cm³/mol. The van der Waals surface area contributed by atoms with E-state index in [1.54, 1.807) is 5.57 Å².